The van der Waals surface area contributed by atoms with Gasteiger partial charge in [0, 0.05) is 54.1 Å². The van der Waals surface area contributed by atoms with Crippen molar-refractivity contribution < 1.29 is 32.4 Å². The number of primary amides is 1. The third-order valence-electron chi connectivity index (χ3n) is 7.42. The molecule has 0 radical (unpaired) electrons. The van der Waals surface area contributed by atoms with Gasteiger partial charge in [-0.25, -0.2) is 8.42 Å². The van der Waals surface area contributed by atoms with Gasteiger partial charge in [0.15, 0.2) is 9.84 Å². The largest absolute Gasteiger partial charge is 0.370 e. The second kappa shape index (κ2) is 14.4. The van der Waals surface area contributed by atoms with Crippen molar-refractivity contribution in [3.63, 3.8) is 0 Å². The fourth-order valence-electron chi connectivity index (χ4n) is 4.87. The van der Waals surface area contributed by atoms with Crippen molar-refractivity contribution in [2.75, 3.05) is 34.2 Å². The van der Waals surface area contributed by atoms with Crippen LogP contribution in [0, 0.1) is 20.8 Å². The lowest BCUT2D eigenvalue weighted by Crippen LogP contribution is -2.28. The van der Waals surface area contributed by atoms with Gasteiger partial charge in [-0.3, -0.25) is 34.1 Å². The van der Waals surface area contributed by atoms with Crippen molar-refractivity contribution in [1.29, 1.82) is 0 Å². The van der Waals surface area contributed by atoms with E-state index in [9.17, 15) is 32.4 Å². The highest BCUT2D eigenvalue weighted by molar-refractivity contribution is 7.91. The average Bonchev–Trinajstić information content (AvgIpc) is 3.67. The van der Waals surface area contributed by atoms with Gasteiger partial charge in [-0.05, 0) is 44.0 Å². The summed E-state index contributed by atoms with van der Waals surface area (Å²) in [7, 11) is -3.54. The molecule has 0 atom stereocenters. The molecular weight excluding hydrogens is 652 g/mol. The number of benzene rings is 1. The monoisotopic (exact) mass is 684 g/mol. The number of nitrogens with zero attached hydrogens (tertiary/aromatic N) is 1. The van der Waals surface area contributed by atoms with Crippen LogP contribution >= 0.6 is 11.6 Å². The molecule has 8 N–H and O–H groups in total. The number of H-pyrrole nitrogens is 2. The maximum absolute atomic E-state index is 13.5. The first-order valence-electron chi connectivity index (χ1n) is 14.2. The van der Waals surface area contributed by atoms with E-state index in [1.54, 1.807) is 32.9 Å². The quantitative estimate of drug-likeness (QED) is 0.0774. The number of carbonyl (C=O) groups is 5. The number of anilines is 2. The minimum Gasteiger partial charge on any atom is -0.370 e. The number of rotatable bonds is 14. The standard InChI is InChI=1S/C30H33ClN8O7S/c1-16-21(19-4-6-20(7-5-19)47(45,46)11-9-31)14-39(36-15-40)27(16)30(44)38-23-13-35-26(18(23)3)29(43)37-22-12-34-25(17(22)2)28(42)33-10-8-24(32)41/h4-7,12-15,34-35H,8-11H2,1-3H3,(H2,32,41)(H,33,42)(H,36,40)(H,37,43)(H,38,44). The predicted octanol–water partition coefficient (Wildman–Crippen LogP) is 2.56. The minimum atomic E-state index is -3.54. The molecule has 0 spiro atoms. The fourth-order valence-corrected chi connectivity index (χ4v) is 6.46. The first kappa shape index (κ1) is 34.5. The van der Waals surface area contributed by atoms with Gasteiger partial charge < -0.3 is 31.7 Å². The summed E-state index contributed by atoms with van der Waals surface area (Å²) in [5, 5.41) is 8.06. The van der Waals surface area contributed by atoms with Crippen molar-refractivity contribution in [1.82, 2.24) is 20.0 Å². The maximum Gasteiger partial charge on any atom is 0.274 e. The zero-order valence-corrected chi connectivity index (χ0v) is 27.2. The zero-order valence-electron chi connectivity index (χ0n) is 25.6. The van der Waals surface area contributed by atoms with Gasteiger partial charge in [0.2, 0.25) is 12.3 Å². The lowest BCUT2D eigenvalue weighted by atomic mass is 10.0. The molecular formula is C30H33ClN8O7S. The number of nitrogens with one attached hydrogen (secondary N) is 6. The molecule has 0 bridgehead atoms. The van der Waals surface area contributed by atoms with Crippen LogP contribution in [0.4, 0.5) is 11.4 Å². The van der Waals surface area contributed by atoms with Gasteiger partial charge in [-0.1, -0.05) is 12.1 Å². The number of amides is 5. The van der Waals surface area contributed by atoms with Crippen LogP contribution in [0.5, 0.6) is 0 Å². The van der Waals surface area contributed by atoms with Crippen LogP contribution in [0.25, 0.3) is 11.1 Å². The molecule has 17 heteroatoms. The molecule has 15 nitrogen and oxygen atoms in total. The van der Waals surface area contributed by atoms with Gasteiger partial charge in [0.05, 0.1) is 22.0 Å². The van der Waals surface area contributed by atoms with E-state index in [-0.39, 0.29) is 46.6 Å². The first-order valence-corrected chi connectivity index (χ1v) is 16.3. The summed E-state index contributed by atoms with van der Waals surface area (Å²) < 4.78 is 26.0. The molecule has 248 valence electrons. The summed E-state index contributed by atoms with van der Waals surface area (Å²) in [4.78, 5) is 67.1. The Balaban J connectivity index is 1.52. The number of aromatic nitrogens is 3. The van der Waals surface area contributed by atoms with E-state index >= 15 is 0 Å². The fraction of sp³-hybridized carbons (Fsp3) is 0.233. The van der Waals surface area contributed by atoms with E-state index in [0.717, 1.165) is 0 Å². The molecule has 3 heterocycles. The summed E-state index contributed by atoms with van der Waals surface area (Å²) in [5.74, 6) is -2.39. The number of halogens is 1. The van der Waals surface area contributed by atoms with E-state index in [4.69, 9.17) is 17.3 Å². The number of alkyl halides is 1. The van der Waals surface area contributed by atoms with E-state index in [0.29, 0.717) is 45.6 Å². The SMILES string of the molecule is Cc1c(NC(=O)c2[nH]cc(NC(=O)c3c(C)c(-c4ccc(S(=O)(=O)CCCl)cc4)cn3NC=O)c2C)c[nH]c1C(=O)NCCC(N)=O. The molecule has 0 unspecified atom stereocenters. The van der Waals surface area contributed by atoms with Crippen LogP contribution in [0.2, 0.25) is 0 Å². The highest BCUT2D eigenvalue weighted by Gasteiger charge is 2.24. The molecule has 0 aliphatic carbocycles. The summed E-state index contributed by atoms with van der Waals surface area (Å²) in [5.41, 5.74) is 11.2. The number of carbonyl (C=O) groups excluding carboxylic acids is 5. The van der Waals surface area contributed by atoms with E-state index in [1.807, 2.05) is 0 Å². The molecule has 47 heavy (non-hydrogen) atoms. The molecule has 1 aromatic carbocycles. The molecule has 0 saturated carbocycles. The number of sulfone groups is 1. The third kappa shape index (κ3) is 7.56. The summed E-state index contributed by atoms with van der Waals surface area (Å²) in [6, 6.07) is 6.11. The number of hydrogen-bond acceptors (Lipinski definition) is 7. The Morgan fingerprint density at radius 2 is 1.47 bits per heavy atom. The van der Waals surface area contributed by atoms with Gasteiger partial charge >= 0.3 is 0 Å². The highest BCUT2D eigenvalue weighted by Crippen LogP contribution is 2.30. The van der Waals surface area contributed by atoms with E-state index < -0.39 is 33.5 Å². The van der Waals surface area contributed by atoms with Crippen molar-refractivity contribution in [2.24, 2.45) is 5.73 Å². The molecule has 4 aromatic rings. The second-order valence-electron chi connectivity index (χ2n) is 10.5. The van der Waals surface area contributed by atoms with E-state index in [2.05, 4.69) is 31.3 Å². The Morgan fingerprint density at radius 3 is 2.02 bits per heavy atom. The molecule has 0 saturated heterocycles. The van der Waals surface area contributed by atoms with Crippen LogP contribution in [-0.4, -0.2) is 71.3 Å². The normalized spacial score (nSPS) is 11.1. The average molecular weight is 685 g/mol. The molecule has 5 amide bonds. The Hall–Kier alpha value is -5.35. The molecule has 3 aromatic heterocycles. The van der Waals surface area contributed by atoms with Gasteiger partial charge in [0.25, 0.3) is 17.7 Å². The number of nitrogens with two attached hydrogens (primary N) is 1. The maximum atomic E-state index is 13.5. The Bertz CT molecular complexity index is 1960. The predicted molar refractivity (Wildman–Crippen MR) is 176 cm³/mol. The van der Waals surface area contributed by atoms with Gasteiger partial charge in [0.1, 0.15) is 17.1 Å². The topological polar surface area (TPSA) is 230 Å². The third-order valence-corrected chi connectivity index (χ3v) is 9.57. The van der Waals surface area contributed by atoms with Crippen molar-refractivity contribution >= 4 is 62.9 Å². The summed E-state index contributed by atoms with van der Waals surface area (Å²) in [6.45, 7) is 5.01. The van der Waals surface area contributed by atoms with Crippen LogP contribution in [0.15, 0.2) is 47.8 Å². The Labute approximate surface area is 274 Å². The molecule has 0 aliphatic rings. The van der Waals surface area contributed by atoms with Crippen molar-refractivity contribution in [2.45, 2.75) is 32.1 Å². The lowest BCUT2D eigenvalue weighted by Gasteiger charge is -2.10. The van der Waals surface area contributed by atoms with Gasteiger partial charge in [-0.2, -0.15) is 0 Å². The molecule has 0 fully saturated rings. The van der Waals surface area contributed by atoms with Crippen LogP contribution in [0.1, 0.15) is 54.6 Å². The van der Waals surface area contributed by atoms with Gasteiger partial charge in [-0.15, -0.1) is 11.6 Å². The first-order chi connectivity index (χ1) is 22.3. The van der Waals surface area contributed by atoms with E-state index in [1.165, 1.54) is 35.4 Å². The van der Waals surface area contributed by atoms with Crippen molar-refractivity contribution in [3.05, 3.63) is 76.6 Å². The highest BCUT2D eigenvalue weighted by atomic mass is 35.5. The Kier molecular flexibility index (Phi) is 10.6. The van der Waals surface area contributed by atoms with Crippen molar-refractivity contribution in [3.8, 4) is 11.1 Å². The van der Waals surface area contributed by atoms with Crippen LogP contribution in [-0.2, 0) is 19.4 Å². The lowest BCUT2D eigenvalue weighted by molar-refractivity contribution is -0.117. The van der Waals surface area contributed by atoms with Crippen LogP contribution < -0.4 is 27.1 Å². The smallest absolute Gasteiger partial charge is 0.274 e. The number of hydrogen-bond donors (Lipinski definition) is 7. The molecule has 4 rings (SSSR count). The minimum absolute atomic E-state index is 0.0158. The summed E-state index contributed by atoms with van der Waals surface area (Å²) in [6.07, 6.45) is 4.83. The molecule has 0 aliphatic heterocycles. The summed E-state index contributed by atoms with van der Waals surface area (Å²) >= 11 is 5.62. The second-order valence-corrected chi connectivity index (χ2v) is 12.9. The van der Waals surface area contributed by atoms with Crippen LogP contribution in [0.3, 0.4) is 0 Å². The zero-order chi connectivity index (χ0) is 34.5. The Morgan fingerprint density at radius 1 is 0.894 bits per heavy atom. The number of aromatic amines is 2.